The van der Waals surface area contributed by atoms with Gasteiger partial charge in [-0.1, -0.05) is 17.7 Å². The molecule has 0 spiro atoms. The molecule has 7 nitrogen and oxygen atoms in total. The molecule has 5 rings (SSSR count). The van der Waals surface area contributed by atoms with Gasteiger partial charge >= 0.3 is 0 Å². The minimum atomic E-state index is -0.0877. The zero-order chi connectivity index (χ0) is 24.5. The number of hydrogen-bond donors (Lipinski definition) is 2. The number of morpholine rings is 1. The first-order valence-corrected chi connectivity index (χ1v) is 12.7. The average molecular weight is 512 g/mol. The monoisotopic (exact) mass is 511 g/mol. The van der Waals surface area contributed by atoms with Crippen molar-refractivity contribution in [2.24, 2.45) is 0 Å². The molecule has 2 N–H and O–H groups in total. The molecule has 1 aromatic carbocycles. The summed E-state index contributed by atoms with van der Waals surface area (Å²) in [6, 6.07) is 13.2. The Balaban J connectivity index is 1.55. The number of nitrogens with zero attached hydrogens (tertiary/aromatic N) is 4. The van der Waals surface area contributed by atoms with Crippen molar-refractivity contribution in [3.05, 3.63) is 76.3 Å². The molecule has 184 valence electrons. The lowest BCUT2D eigenvalue weighted by molar-refractivity contribution is 0.0350. The number of aromatic nitrogens is 2. The largest absolute Gasteiger partial charge is 0.506 e. The van der Waals surface area contributed by atoms with Gasteiger partial charge in [-0.2, -0.15) is 0 Å². The van der Waals surface area contributed by atoms with Crippen LogP contribution >= 0.6 is 23.8 Å². The van der Waals surface area contributed by atoms with Crippen LogP contribution in [-0.4, -0.2) is 69.0 Å². The average Bonchev–Trinajstić information content (AvgIpc) is 3.35. The summed E-state index contributed by atoms with van der Waals surface area (Å²) in [5.74, 6) is 0.188. The predicted molar refractivity (Wildman–Crippen MR) is 141 cm³/mol. The number of halogens is 1. The Morgan fingerprint density at radius 1 is 1.14 bits per heavy atom. The number of benzene rings is 1. The van der Waals surface area contributed by atoms with Gasteiger partial charge in [0.15, 0.2) is 5.11 Å². The molecule has 2 aromatic heterocycles. The van der Waals surface area contributed by atoms with E-state index in [-0.39, 0.29) is 17.8 Å². The summed E-state index contributed by atoms with van der Waals surface area (Å²) in [5.41, 5.74) is 4.81. The summed E-state index contributed by atoms with van der Waals surface area (Å²) in [6.45, 7) is 9.25. The van der Waals surface area contributed by atoms with E-state index in [1.165, 1.54) is 0 Å². The van der Waals surface area contributed by atoms with Crippen molar-refractivity contribution in [3.63, 3.8) is 0 Å². The number of phenols is 1. The zero-order valence-electron chi connectivity index (χ0n) is 19.9. The van der Waals surface area contributed by atoms with E-state index in [2.05, 4.69) is 37.7 Å². The number of ether oxygens (including phenoxy) is 1. The van der Waals surface area contributed by atoms with Crippen molar-refractivity contribution in [1.29, 1.82) is 0 Å². The molecule has 2 saturated heterocycles. The molecule has 9 heteroatoms. The van der Waals surface area contributed by atoms with Crippen molar-refractivity contribution >= 4 is 28.9 Å². The topological polar surface area (TPSA) is 65.8 Å². The third-order valence-corrected chi connectivity index (χ3v) is 7.51. The van der Waals surface area contributed by atoms with Crippen LogP contribution in [0.2, 0.25) is 5.02 Å². The first-order valence-electron chi connectivity index (χ1n) is 11.9. The molecule has 0 amide bonds. The van der Waals surface area contributed by atoms with Gasteiger partial charge in [-0.3, -0.25) is 9.88 Å². The summed E-state index contributed by atoms with van der Waals surface area (Å²) in [5, 5.41) is 15.5. The van der Waals surface area contributed by atoms with Gasteiger partial charge in [-0.15, -0.1) is 0 Å². The third-order valence-electron chi connectivity index (χ3n) is 6.93. The Labute approximate surface area is 216 Å². The SMILES string of the molecule is Cc1cc([C@@H]2[C@@H](c3ccccn3)NC(=S)N2CCN2CCOCC2)c(C)n1-c1cc(Cl)ccc1O. The van der Waals surface area contributed by atoms with Crippen LogP contribution < -0.4 is 5.32 Å². The molecule has 3 aromatic rings. The van der Waals surface area contributed by atoms with Gasteiger partial charge in [0, 0.05) is 48.8 Å². The number of aryl methyl sites for hydroxylation is 1. The molecular weight excluding hydrogens is 482 g/mol. The van der Waals surface area contributed by atoms with Crippen LogP contribution in [-0.2, 0) is 4.74 Å². The van der Waals surface area contributed by atoms with E-state index in [1.807, 2.05) is 31.3 Å². The number of thiocarbonyl (C=S) groups is 1. The highest BCUT2D eigenvalue weighted by atomic mass is 35.5. The fourth-order valence-corrected chi connectivity index (χ4v) is 5.69. The van der Waals surface area contributed by atoms with Crippen LogP contribution in [0, 0.1) is 13.8 Å². The highest BCUT2D eigenvalue weighted by Gasteiger charge is 2.41. The highest BCUT2D eigenvalue weighted by molar-refractivity contribution is 7.80. The number of nitrogens with one attached hydrogen (secondary N) is 1. The fourth-order valence-electron chi connectivity index (χ4n) is 5.19. The Hall–Kier alpha value is -2.65. The van der Waals surface area contributed by atoms with Crippen molar-refractivity contribution < 1.29 is 9.84 Å². The molecule has 0 saturated carbocycles. The van der Waals surface area contributed by atoms with E-state index in [4.69, 9.17) is 28.6 Å². The molecule has 0 unspecified atom stereocenters. The summed E-state index contributed by atoms with van der Waals surface area (Å²) >= 11 is 12.1. The maximum Gasteiger partial charge on any atom is 0.170 e. The van der Waals surface area contributed by atoms with E-state index in [9.17, 15) is 5.11 Å². The van der Waals surface area contributed by atoms with Crippen LogP contribution in [0.1, 0.15) is 34.7 Å². The second-order valence-corrected chi connectivity index (χ2v) is 9.89. The molecule has 35 heavy (non-hydrogen) atoms. The Bertz CT molecular complexity index is 1210. The number of aromatic hydroxyl groups is 1. The van der Waals surface area contributed by atoms with Gasteiger partial charge in [0.1, 0.15) is 5.75 Å². The first kappa shape index (κ1) is 24.1. The second kappa shape index (κ2) is 10.1. The van der Waals surface area contributed by atoms with Crippen LogP contribution in [0.5, 0.6) is 5.75 Å². The van der Waals surface area contributed by atoms with Gasteiger partial charge < -0.3 is 24.6 Å². The molecule has 2 atom stereocenters. The molecule has 0 bridgehead atoms. The van der Waals surface area contributed by atoms with Crippen molar-refractivity contribution in [2.75, 3.05) is 39.4 Å². The lowest BCUT2D eigenvalue weighted by Gasteiger charge is -2.32. The van der Waals surface area contributed by atoms with E-state index in [1.54, 1.807) is 18.2 Å². The smallest absolute Gasteiger partial charge is 0.170 e. The second-order valence-electron chi connectivity index (χ2n) is 9.07. The molecule has 2 aliphatic rings. The van der Waals surface area contributed by atoms with E-state index < -0.39 is 0 Å². The van der Waals surface area contributed by atoms with Crippen molar-refractivity contribution in [3.8, 4) is 11.4 Å². The van der Waals surface area contributed by atoms with Gasteiger partial charge in [0.2, 0.25) is 0 Å². The third kappa shape index (κ3) is 4.76. The Morgan fingerprint density at radius 3 is 2.69 bits per heavy atom. The normalized spacial score (nSPS) is 20.9. The highest BCUT2D eigenvalue weighted by Crippen LogP contribution is 2.42. The Kier molecular flexibility index (Phi) is 6.98. The van der Waals surface area contributed by atoms with Gasteiger partial charge in [0.05, 0.1) is 36.7 Å². The first-order chi connectivity index (χ1) is 16.9. The number of hydrogen-bond acceptors (Lipinski definition) is 5. The summed E-state index contributed by atoms with van der Waals surface area (Å²) in [7, 11) is 0. The van der Waals surface area contributed by atoms with Crippen LogP contribution in [0.3, 0.4) is 0 Å². The van der Waals surface area contributed by atoms with Gasteiger partial charge in [0.25, 0.3) is 0 Å². The number of pyridine rings is 1. The maximum absolute atomic E-state index is 10.6. The maximum atomic E-state index is 10.6. The zero-order valence-corrected chi connectivity index (χ0v) is 21.5. The molecule has 0 radical (unpaired) electrons. The predicted octanol–water partition coefficient (Wildman–Crippen LogP) is 4.15. The van der Waals surface area contributed by atoms with Crippen LogP contribution in [0.4, 0.5) is 0 Å². The van der Waals surface area contributed by atoms with Crippen molar-refractivity contribution in [1.82, 2.24) is 24.7 Å². The van der Waals surface area contributed by atoms with E-state index in [0.29, 0.717) is 10.7 Å². The quantitative estimate of drug-likeness (QED) is 0.482. The molecular formula is C26H30ClN5O2S. The number of rotatable bonds is 6. The van der Waals surface area contributed by atoms with Crippen LogP contribution in [0.25, 0.3) is 5.69 Å². The minimum Gasteiger partial charge on any atom is -0.506 e. The van der Waals surface area contributed by atoms with E-state index in [0.717, 1.165) is 67.2 Å². The number of phenolic OH excluding ortho intramolecular Hbond substituents is 1. The molecule has 4 heterocycles. The lowest BCUT2D eigenvalue weighted by atomic mass is 9.96. The van der Waals surface area contributed by atoms with Crippen LogP contribution in [0.15, 0.2) is 48.7 Å². The summed E-state index contributed by atoms with van der Waals surface area (Å²) in [6.07, 6.45) is 1.82. The van der Waals surface area contributed by atoms with Gasteiger partial charge in [-0.25, -0.2) is 0 Å². The lowest BCUT2D eigenvalue weighted by Crippen LogP contribution is -2.42. The van der Waals surface area contributed by atoms with Crippen molar-refractivity contribution in [2.45, 2.75) is 25.9 Å². The minimum absolute atomic E-state index is 0.0419. The standard InChI is InChI=1S/C26H30ClN5O2S/c1-17-15-20(18(2)32(17)22-16-19(27)6-7-23(22)33)25-24(21-5-3-4-8-28-21)29-26(35)31(25)10-9-30-11-13-34-14-12-30/h3-8,15-16,24-25,33H,9-14H2,1-2H3,(H,29,35)/t24-,25-/m1/s1. The summed E-state index contributed by atoms with van der Waals surface area (Å²) in [4.78, 5) is 9.37. The van der Waals surface area contributed by atoms with E-state index >= 15 is 0 Å². The molecule has 2 fully saturated rings. The van der Waals surface area contributed by atoms with Gasteiger partial charge in [-0.05, 0) is 68.0 Å². The fraction of sp³-hybridized carbons (Fsp3) is 0.385. The molecule has 0 aliphatic carbocycles. The Morgan fingerprint density at radius 2 is 1.94 bits per heavy atom. The summed E-state index contributed by atoms with van der Waals surface area (Å²) < 4.78 is 7.58. The molecule has 2 aliphatic heterocycles.